The standard InChI is InChI=1S/C15H20ClNO2/c16-8-9-17(12-13-5-2-1-3-6-13)15(18)11-14-7-4-10-19-14/h1-3,5-6,14H,4,7-12H2. The molecule has 1 aliphatic rings. The largest absolute Gasteiger partial charge is 0.378 e. The Bertz CT molecular complexity index is 390. The number of ether oxygens (including phenoxy) is 1. The van der Waals surface area contributed by atoms with Crippen LogP contribution in [0.5, 0.6) is 0 Å². The third kappa shape index (κ3) is 4.51. The Morgan fingerprint density at radius 3 is 2.79 bits per heavy atom. The fourth-order valence-corrected chi connectivity index (χ4v) is 2.53. The maximum Gasteiger partial charge on any atom is 0.225 e. The molecule has 0 aliphatic carbocycles. The molecule has 0 bridgehead atoms. The molecule has 1 saturated heterocycles. The van der Waals surface area contributed by atoms with Crippen molar-refractivity contribution in [2.45, 2.75) is 31.9 Å². The van der Waals surface area contributed by atoms with Gasteiger partial charge in [-0.15, -0.1) is 11.6 Å². The summed E-state index contributed by atoms with van der Waals surface area (Å²) in [4.78, 5) is 14.1. The molecule has 0 saturated carbocycles. The molecule has 0 radical (unpaired) electrons. The highest BCUT2D eigenvalue weighted by atomic mass is 35.5. The van der Waals surface area contributed by atoms with Crippen molar-refractivity contribution in [3.63, 3.8) is 0 Å². The Morgan fingerprint density at radius 1 is 1.37 bits per heavy atom. The Balaban J connectivity index is 1.92. The predicted molar refractivity (Wildman–Crippen MR) is 76.2 cm³/mol. The second kappa shape index (κ2) is 7.51. The van der Waals surface area contributed by atoms with Crippen LogP contribution in [0, 0.1) is 0 Å². The highest BCUT2D eigenvalue weighted by Gasteiger charge is 2.22. The summed E-state index contributed by atoms with van der Waals surface area (Å²) in [6, 6.07) is 10.0. The Hall–Kier alpha value is -1.06. The number of hydrogen-bond donors (Lipinski definition) is 0. The van der Waals surface area contributed by atoms with Gasteiger partial charge in [0, 0.05) is 25.6 Å². The van der Waals surface area contributed by atoms with E-state index in [1.54, 1.807) is 0 Å². The highest BCUT2D eigenvalue weighted by molar-refractivity contribution is 6.18. The van der Waals surface area contributed by atoms with Gasteiger partial charge in [-0.2, -0.15) is 0 Å². The van der Waals surface area contributed by atoms with Crippen LogP contribution in [0.15, 0.2) is 30.3 Å². The third-order valence-electron chi connectivity index (χ3n) is 3.35. The molecule has 2 rings (SSSR count). The number of carbonyl (C=O) groups is 1. The number of nitrogens with zero attached hydrogens (tertiary/aromatic N) is 1. The normalized spacial score (nSPS) is 18.5. The molecule has 1 amide bonds. The first-order chi connectivity index (χ1) is 9.29. The SMILES string of the molecule is O=C(CC1CCCO1)N(CCCl)Cc1ccccc1. The Kier molecular flexibility index (Phi) is 5.67. The fraction of sp³-hybridized carbons (Fsp3) is 0.533. The predicted octanol–water partition coefficient (Wildman–Crippen LogP) is 2.82. The minimum Gasteiger partial charge on any atom is -0.378 e. The molecule has 0 aromatic heterocycles. The van der Waals surface area contributed by atoms with Crippen molar-refractivity contribution in [1.82, 2.24) is 4.90 Å². The van der Waals surface area contributed by atoms with Crippen molar-refractivity contribution in [2.24, 2.45) is 0 Å². The topological polar surface area (TPSA) is 29.5 Å². The van der Waals surface area contributed by atoms with Crippen molar-refractivity contribution >= 4 is 17.5 Å². The van der Waals surface area contributed by atoms with Crippen molar-refractivity contribution in [3.8, 4) is 0 Å². The number of benzene rings is 1. The molecule has 19 heavy (non-hydrogen) atoms. The number of alkyl halides is 1. The first-order valence-electron chi connectivity index (χ1n) is 6.79. The van der Waals surface area contributed by atoms with E-state index in [9.17, 15) is 4.79 Å². The number of halogens is 1. The van der Waals surface area contributed by atoms with Gasteiger partial charge in [-0.05, 0) is 18.4 Å². The average Bonchev–Trinajstić information content (AvgIpc) is 2.92. The second-order valence-electron chi connectivity index (χ2n) is 4.83. The summed E-state index contributed by atoms with van der Waals surface area (Å²) in [5.74, 6) is 0.598. The van der Waals surface area contributed by atoms with Crippen molar-refractivity contribution in [3.05, 3.63) is 35.9 Å². The summed E-state index contributed by atoms with van der Waals surface area (Å²) in [5, 5.41) is 0. The van der Waals surface area contributed by atoms with E-state index in [1.165, 1.54) is 0 Å². The summed E-state index contributed by atoms with van der Waals surface area (Å²) in [7, 11) is 0. The lowest BCUT2D eigenvalue weighted by atomic mass is 10.1. The zero-order valence-electron chi connectivity index (χ0n) is 11.1. The maximum atomic E-state index is 12.3. The van der Waals surface area contributed by atoms with E-state index in [0.29, 0.717) is 25.4 Å². The molecular formula is C15H20ClNO2. The zero-order chi connectivity index (χ0) is 13.5. The van der Waals surface area contributed by atoms with Crippen LogP contribution >= 0.6 is 11.6 Å². The zero-order valence-corrected chi connectivity index (χ0v) is 11.8. The molecule has 104 valence electrons. The maximum absolute atomic E-state index is 12.3. The molecule has 1 atom stereocenters. The van der Waals surface area contributed by atoms with E-state index in [4.69, 9.17) is 16.3 Å². The molecule has 1 unspecified atom stereocenters. The van der Waals surface area contributed by atoms with Crippen molar-refractivity contribution in [2.75, 3.05) is 19.0 Å². The van der Waals surface area contributed by atoms with Crippen molar-refractivity contribution in [1.29, 1.82) is 0 Å². The molecule has 3 nitrogen and oxygen atoms in total. The van der Waals surface area contributed by atoms with E-state index in [-0.39, 0.29) is 12.0 Å². The minimum atomic E-state index is 0.0982. The van der Waals surface area contributed by atoms with Gasteiger partial charge in [0.05, 0.1) is 12.5 Å². The molecule has 1 heterocycles. The summed E-state index contributed by atoms with van der Waals surface area (Å²) in [5.41, 5.74) is 1.13. The van der Waals surface area contributed by atoms with Crippen LogP contribution in [0.4, 0.5) is 0 Å². The van der Waals surface area contributed by atoms with E-state index in [1.807, 2.05) is 35.2 Å². The van der Waals surface area contributed by atoms with Crippen molar-refractivity contribution < 1.29 is 9.53 Å². The van der Waals surface area contributed by atoms with Crippen LogP contribution in [0.3, 0.4) is 0 Å². The highest BCUT2D eigenvalue weighted by Crippen LogP contribution is 2.17. The quantitative estimate of drug-likeness (QED) is 0.751. The van der Waals surface area contributed by atoms with Crippen LogP contribution in [0.25, 0.3) is 0 Å². The van der Waals surface area contributed by atoms with Gasteiger partial charge in [0.2, 0.25) is 5.91 Å². The van der Waals surface area contributed by atoms with Gasteiger partial charge >= 0.3 is 0 Å². The van der Waals surface area contributed by atoms with Gasteiger partial charge in [-0.1, -0.05) is 30.3 Å². The molecule has 4 heteroatoms. The number of rotatable bonds is 6. The van der Waals surface area contributed by atoms with Gasteiger partial charge in [0.15, 0.2) is 0 Å². The third-order valence-corrected chi connectivity index (χ3v) is 3.52. The van der Waals surface area contributed by atoms with Crippen LogP contribution in [0.1, 0.15) is 24.8 Å². The van der Waals surface area contributed by atoms with Gasteiger partial charge in [-0.25, -0.2) is 0 Å². The smallest absolute Gasteiger partial charge is 0.225 e. The fourth-order valence-electron chi connectivity index (χ4n) is 2.33. The molecule has 1 fully saturated rings. The van der Waals surface area contributed by atoms with Gasteiger partial charge in [0.1, 0.15) is 0 Å². The van der Waals surface area contributed by atoms with E-state index in [0.717, 1.165) is 25.0 Å². The summed E-state index contributed by atoms with van der Waals surface area (Å²) in [6.45, 7) is 1.99. The van der Waals surface area contributed by atoms with Crippen LogP contribution in [-0.4, -0.2) is 35.9 Å². The lowest BCUT2D eigenvalue weighted by Gasteiger charge is -2.23. The number of amides is 1. The summed E-state index contributed by atoms with van der Waals surface area (Å²) in [6.07, 6.45) is 2.63. The van der Waals surface area contributed by atoms with Gasteiger partial charge < -0.3 is 9.64 Å². The Labute approximate surface area is 119 Å². The molecule has 1 aliphatic heterocycles. The molecule has 1 aromatic carbocycles. The van der Waals surface area contributed by atoms with E-state index < -0.39 is 0 Å². The number of carbonyl (C=O) groups excluding carboxylic acids is 1. The molecule has 0 spiro atoms. The van der Waals surface area contributed by atoms with Crippen LogP contribution < -0.4 is 0 Å². The summed E-state index contributed by atoms with van der Waals surface area (Å²) < 4.78 is 5.52. The van der Waals surface area contributed by atoms with Crippen LogP contribution in [0.2, 0.25) is 0 Å². The first-order valence-corrected chi connectivity index (χ1v) is 7.32. The monoisotopic (exact) mass is 281 g/mol. The second-order valence-corrected chi connectivity index (χ2v) is 5.21. The van der Waals surface area contributed by atoms with Crippen LogP contribution in [-0.2, 0) is 16.1 Å². The Morgan fingerprint density at radius 2 is 2.16 bits per heavy atom. The minimum absolute atomic E-state index is 0.0982. The lowest BCUT2D eigenvalue weighted by Crippen LogP contribution is -2.34. The average molecular weight is 282 g/mol. The number of hydrogen-bond acceptors (Lipinski definition) is 2. The lowest BCUT2D eigenvalue weighted by molar-refractivity contribution is -0.133. The summed E-state index contributed by atoms with van der Waals surface area (Å²) >= 11 is 5.80. The first kappa shape index (κ1) is 14.4. The van der Waals surface area contributed by atoms with E-state index in [2.05, 4.69) is 0 Å². The van der Waals surface area contributed by atoms with Gasteiger partial charge in [-0.3, -0.25) is 4.79 Å². The van der Waals surface area contributed by atoms with E-state index >= 15 is 0 Å². The molecule has 1 aromatic rings. The van der Waals surface area contributed by atoms with Gasteiger partial charge in [0.25, 0.3) is 0 Å². The molecular weight excluding hydrogens is 262 g/mol. The molecule has 0 N–H and O–H groups in total.